The van der Waals surface area contributed by atoms with Crippen molar-refractivity contribution in [2.45, 2.75) is 31.7 Å². The smallest absolute Gasteiger partial charge is 0.0606 e. The second kappa shape index (κ2) is 5.27. The lowest BCUT2D eigenvalue weighted by Gasteiger charge is -2.31. The lowest BCUT2D eigenvalue weighted by molar-refractivity contribution is 0.297. The van der Waals surface area contributed by atoms with Crippen molar-refractivity contribution in [3.8, 4) is 0 Å². The third kappa shape index (κ3) is 2.64. The number of aliphatic hydroxyl groups is 1. The molecule has 5 N–H and O–H groups in total. The van der Waals surface area contributed by atoms with Crippen molar-refractivity contribution >= 4 is 17.1 Å². The van der Waals surface area contributed by atoms with Gasteiger partial charge in [-0.1, -0.05) is 12.8 Å². The molecule has 0 aliphatic heterocycles. The zero-order chi connectivity index (χ0) is 12.3. The van der Waals surface area contributed by atoms with Gasteiger partial charge < -0.3 is 21.5 Å². The summed E-state index contributed by atoms with van der Waals surface area (Å²) < 4.78 is 0. The van der Waals surface area contributed by atoms with Gasteiger partial charge in [0, 0.05) is 18.3 Å². The minimum Gasteiger partial charge on any atom is -0.397 e. The molecule has 2 rings (SSSR count). The van der Waals surface area contributed by atoms with E-state index in [4.69, 9.17) is 11.5 Å². The summed E-state index contributed by atoms with van der Waals surface area (Å²) in [5.41, 5.74) is 13.9. The Kier molecular flexibility index (Phi) is 3.74. The van der Waals surface area contributed by atoms with E-state index in [1.54, 1.807) is 0 Å². The molecule has 0 radical (unpaired) electrons. The van der Waals surface area contributed by atoms with Crippen LogP contribution in [0.2, 0.25) is 0 Å². The predicted molar refractivity (Wildman–Crippen MR) is 72.0 cm³/mol. The number of hydrogen-bond donors (Lipinski definition) is 3. The monoisotopic (exact) mass is 235 g/mol. The van der Waals surface area contributed by atoms with Crippen molar-refractivity contribution in [2.75, 3.05) is 29.5 Å². The Hall–Kier alpha value is -1.42. The first-order valence-corrected chi connectivity index (χ1v) is 6.25. The van der Waals surface area contributed by atoms with Gasteiger partial charge in [-0.2, -0.15) is 0 Å². The van der Waals surface area contributed by atoms with E-state index in [2.05, 4.69) is 4.90 Å². The van der Waals surface area contributed by atoms with Crippen LogP contribution in [0, 0.1) is 0 Å². The number of aliphatic hydroxyl groups excluding tert-OH is 1. The average molecular weight is 235 g/mol. The molecule has 0 aromatic heterocycles. The summed E-state index contributed by atoms with van der Waals surface area (Å²) in [4.78, 5) is 2.25. The molecule has 0 spiro atoms. The highest BCUT2D eigenvalue weighted by Crippen LogP contribution is 2.30. The molecule has 94 valence electrons. The first kappa shape index (κ1) is 12.0. The lowest BCUT2D eigenvalue weighted by atomic mass is 10.1. The Morgan fingerprint density at radius 2 is 1.88 bits per heavy atom. The highest BCUT2D eigenvalue weighted by molar-refractivity contribution is 5.70. The lowest BCUT2D eigenvalue weighted by Crippen LogP contribution is -2.35. The molecule has 0 atom stereocenters. The number of nitrogens with zero attached hydrogens (tertiary/aromatic N) is 1. The Labute approximate surface area is 102 Å². The van der Waals surface area contributed by atoms with Crippen molar-refractivity contribution in [2.24, 2.45) is 0 Å². The summed E-state index contributed by atoms with van der Waals surface area (Å²) in [5, 5.41) is 9.18. The van der Waals surface area contributed by atoms with Crippen molar-refractivity contribution in [1.82, 2.24) is 0 Å². The summed E-state index contributed by atoms with van der Waals surface area (Å²) in [6, 6.07) is 6.26. The molecule has 0 bridgehead atoms. The third-order valence-electron chi connectivity index (χ3n) is 3.51. The van der Waals surface area contributed by atoms with Gasteiger partial charge in [0.05, 0.1) is 18.0 Å². The highest BCUT2D eigenvalue weighted by atomic mass is 16.3. The molecule has 1 aliphatic carbocycles. The van der Waals surface area contributed by atoms with E-state index < -0.39 is 0 Å². The van der Waals surface area contributed by atoms with Crippen LogP contribution in [0.1, 0.15) is 25.7 Å². The number of nitrogen functional groups attached to an aromatic ring is 2. The second-order valence-electron chi connectivity index (χ2n) is 4.67. The molecular formula is C13H21N3O. The fraction of sp³-hybridized carbons (Fsp3) is 0.538. The van der Waals surface area contributed by atoms with E-state index in [0.717, 1.165) is 5.69 Å². The largest absolute Gasteiger partial charge is 0.397 e. The molecule has 0 saturated heterocycles. The van der Waals surface area contributed by atoms with E-state index in [9.17, 15) is 5.11 Å². The van der Waals surface area contributed by atoms with Crippen molar-refractivity contribution in [3.05, 3.63) is 18.2 Å². The first-order valence-electron chi connectivity index (χ1n) is 6.25. The van der Waals surface area contributed by atoms with E-state index >= 15 is 0 Å². The zero-order valence-electron chi connectivity index (χ0n) is 10.1. The maximum atomic E-state index is 9.18. The molecule has 4 nitrogen and oxygen atoms in total. The van der Waals surface area contributed by atoms with Gasteiger partial charge in [-0.05, 0) is 31.0 Å². The van der Waals surface area contributed by atoms with Gasteiger partial charge in [0.1, 0.15) is 0 Å². The fourth-order valence-corrected chi connectivity index (χ4v) is 2.59. The van der Waals surface area contributed by atoms with Gasteiger partial charge in [-0.25, -0.2) is 0 Å². The van der Waals surface area contributed by atoms with Crippen molar-refractivity contribution in [1.29, 1.82) is 0 Å². The molecule has 1 aromatic carbocycles. The van der Waals surface area contributed by atoms with Gasteiger partial charge in [-0.15, -0.1) is 0 Å². The molecule has 1 aliphatic rings. The SMILES string of the molecule is Nc1ccc(N(CCO)C2CCCC2)cc1N. The van der Waals surface area contributed by atoms with Crippen LogP contribution in [-0.4, -0.2) is 24.3 Å². The van der Waals surface area contributed by atoms with Crippen LogP contribution in [0.4, 0.5) is 17.1 Å². The summed E-state index contributed by atoms with van der Waals surface area (Å²) in [6.07, 6.45) is 4.95. The fourth-order valence-electron chi connectivity index (χ4n) is 2.59. The van der Waals surface area contributed by atoms with E-state index in [1.165, 1.54) is 25.7 Å². The minimum atomic E-state index is 0.167. The number of hydrogen-bond acceptors (Lipinski definition) is 4. The van der Waals surface area contributed by atoms with E-state index in [-0.39, 0.29) is 6.61 Å². The molecular weight excluding hydrogens is 214 g/mol. The Morgan fingerprint density at radius 3 is 2.47 bits per heavy atom. The molecule has 1 aromatic rings. The van der Waals surface area contributed by atoms with Gasteiger partial charge in [-0.3, -0.25) is 0 Å². The van der Waals surface area contributed by atoms with Gasteiger partial charge >= 0.3 is 0 Å². The van der Waals surface area contributed by atoms with Gasteiger partial charge in [0.25, 0.3) is 0 Å². The van der Waals surface area contributed by atoms with Crippen LogP contribution in [0.25, 0.3) is 0 Å². The molecule has 4 heteroatoms. The summed E-state index contributed by atoms with van der Waals surface area (Å²) >= 11 is 0. The van der Waals surface area contributed by atoms with Crippen LogP contribution < -0.4 is 16.4 Å². The van der Waals surface area contributed by atoms with Crippen molar-refractivity contribution < 1.29 is 5.11 Å². The molecule has 1 fully saturated rings. The minimum absolute atomic E-state index is 0.167. The summed E-state index contributed by atoms with van der Waals surface area (Å²) in [6.45, 7) is 0.828. The Morgan fingerprint density at radius 1 is 1.18 bits per heavy atom. The van der Waals surface area contributed by atoms with Gasteiger partial charge in [0.2, 0.25) is 0 Å². The molecule has 1 saturated carbocycles. The van der Waals surface area contributed by atoms with Crippen LogP contribution in [0.3, 0.4) is 0 Å². The summed E-state index contributed by atoms with van der Waals surface area (Å²) in [5.74, 6) is 0. The van der Waals surface area contributed by atoms with Crippen LogP contribution >= 0.6 is 0 Å². The van der Waals surface area contributed by atoms with Crippen LogP contribution in [0.15, 0.2) is 18.2 Å². The number of anilines is 3. The summed E-state index contributed by atoms with van der Waals surface area (Å²) in [7, 11) is 0. The molecule has 0 amide bonds. The second-order valence-corrected chi connectivity index (χ2v) is 4.67. The molecule has 17 heavy (non-hydrogen) atoms. The van der Waals surface area contributed by atoms with Crippen molar-refractivity contribution in [3.63, 3.8) is 0 Å². The number of nitrogens with two attached hydrogens (primary N) is 2. The molecule has 0 unspecified atom stereocenters. The Balaban J connectivity index is 2.21. The standard InChI is InChI=1S/C13H21N3O/c14-12-6-5-11(9-13(12)15)16(7-8-17)10-3-1-2-4-10/h5-6,9-10,17H,1-4,7-8,14-15H2. The number of benzene rings is 1. The zero-order valence-corrected chi connectivity index (χ0v) is 10.1. The van der Waals surface area contributed by atoms with E-state index in [1.807, 2.05) is 18.2 Å². The van der Waals surface area contributed by atoms with Crippen LogP contribution in [0.5, 0.6) is 0 Å². The normalized spacial score (nSPS) is 16.3. The quantitative estimate of drug-likeness (QED) is 0.693. The van der Waals surface area contributed by atoms with Gasteiger partial charge in [0.15, 0.2) is 0 Å². The van der Waals surface area contributed by atoms with E-state index in [0.29, 0.717) is 24.0 Å². The van der Waals surface area contributed by atoms with Crippen LogP contribution in [-0.2, 0) is 0 Å². The highest BCUT2D eigenvalue weighted by Gasteiger charge is 2.22. The Bertz CT molecular complexity index is 375. The maximum Gasteiger partial charge on any atom is 0.0606 e. The topological polar surface area (TPSA) is 75.5 Å². The molecule has 0 heterocycles. The third-order valence-corrected chi connectivity index (χ3v) is 3.51. The predicted octanol–water partition coefficient (Wildman–Crippen LogP) is 1.59. The maximum absolute atomic E-state index is 9.18. The average Bonchev–Trinajstić information content (AvgIpc) is 2.83. The first-order chi connectivity index (χ1) is 8.22. The number of rotatable bonds is 4.